The number of hydroxylamine groups is 2. The van der Waals surface area contributed by atoms with Crippen LogP contribution < -0.4 is 4.74 Å². The summed E-state index contributed by atoms with van der Waals surface area (Å²) in [5.74, 6) is -1.94. The van der Waals surface area contributed by atoms with Crippen molar-refractivity contribution < 1.29 is 29.4 Å². The molecule has 0 saturated carbocycles. The molecule has 8 heteroatoms. The summed E-state index contributed by atoms with van der Waals surface area (Å²) < 4.78 is 4.97. The minimum absolute atomic E-state index is 0.0736. The lowest BCUT2D eigenvalue weighted by molar-refractivity contribution is -0.175. The third-order valence-corrected chi connectivity index (χ3v) is 2.50. The summed E-state index contributed by atoms with van der Waals surface area (Å²) in [6, 6.07) is 1.78. The molecule has 1 atom stereocenters. The molecule has 0 aliphatic carbocycles. The van der Waals surface area contributed by atoms with Crippen molar-refractivity contribution in [3.05, 3.63) is 24.0 Å². The molecule has 1 aromatic heterocycles. The van der Waals surface area contributed by atoms with Gasteiger partial charge in [0.05, 0.1) is 13.7 Å². The molecule has 1 rings (SSSR count). The molecule has 0 unspecified atom stereocenters. The second kappa shape index (κ2) is 7.41. The van der Waals surface area contributed by atoms with Gasteiger partial charge in [-0.3, -0.25) is 4.79 Å². The highest BCUT2D eigenvalue weighted by atomic mass is 16.7. The predicted molar refractivity (Wildman–Crippen MR) is 67.1 cm³/mol. The molecule has 0 aromatic carbocycles. The minimum atomic E-state index is -1.33. The van der Waals surface area contributed by atoms with Gasteiger partial charge in [-0.2, -0.15) is 0 Å². The first-order valence-corrected chi connectivity index (χ1v) is 5.86. The van der Waals surface area contributed by atoms with Crippen LogP contribution in [0.3, 0.4) is 0 Å². The molecule has 0 aliphatic heterocycles. The number of carboxylic acids is 1. The van der Waals surface area contributed by atoms with Gasteiger partial charge in [0.2, 0.25) is 0 Å². The Morgan fingerprint density at radius 3 is 2.70 bits per heavy atom. The van der Waals surface area contributed by atoms with E-state index in [1.807, 2.05) is 0 Å². The van der Waals surface area contributed by atoms with E-state index in [4.69, 9.17) is 19.8 Å². The van der Waals surface area contributed by atoms with Gasteiger partial charge >= 0.3 is 11.9 Å². The average Bonchev–Trinajstić information content (AvgIpc) is 2.46. The number of aliphatic hydroxyl groups is 1. The number of carboxylic acid groups (broad SMARTS) is 1. The third kappa shape index (κ3) is 3.65. The fourth-order valence-electron chi connectivity index (χ4n) is 1.50. The van der Waals surface area contributed by atoms with Gasteiger partial charge in [0.15, 0.2) is 17.5 Å². The van der Waals surface area contributed by atoms with Crippen LogP contribution in [0.4, 0.5) is 0 Å². The summed E-state index contributed by atoms with van der Waals surface area (Å²) in [6.45, 7) is 1.00. The lowest BCUT2D eigenvalue weighted by Gasteiger charge is -2.24. The number of rotatable bonds is 7. The topological polar surface area (TPSA) is 109 Å². The molecular formula is C12H16N2O6. The molecule has 8 nitrogen and oxygen atoms in total. The molecule has 0 saturated heterocycles. The van der Waals surface area contributed by atoms with E-state index in [9.17, 15) is 9.59 Å². The minimum Gasteiger partial charge on any atom is -0.494 e. The lowest BCUT2D eigenvalue weighted by Crippen LogP contribution is -2.44. The Morgan fingerprint density at radius 2 is 2.20 bits per heavy atom. The summed E-state index contributed by atoms with van der Waals surface area (Å²) in [7, 11) is 1.37. The monoisotopic (exact) mass is 284 g/mol. The van der Waals surface area contributed by atoms with Crippen LogP contribution in [0.15, 0.2) is 18.3 Å². The highest BCUT2D eigenvalue weighted by molar-refractivity contribution is 5.90. The van der Waals surface area contributed by atoms with Gasteiger partial charge in [0.1, 0.15) is 0 Å². The Bertz CT molecular complexity index is 479. The number of aliphatic hydroxyl groups excluding tert-OH is 1. The number of pyridine rings is 1. The average molecular weight is 284 g/mol. The number of ether oxygens (including phenoxy) is 1. The van der Waals surface area contributed by atoms with Crippen molar-refractivity contribution in [2.75, 3.05) is 20.3 Å². The van der Waals surface area contributed by atoms with Gasteiger partial charge in [0.25, 0.3) is 0 Å². The van der Waals surface area contributed by atoms with E-state index in [1.165, 1.54) is 19.4 Å². The Hall–Kier alpha value is -2.19. The zero-order chi connectivity index (χ0) is 15.1. The zero-order valence-corrected chi connectivity index (χ0v) is 11.1. The molecule has 0 bridgehead atoms. The van der Waals surface area contributed by atoms with Crippen molar-refractivity contribution in [3.8, 4) is 5.75 Å². The van der Waals surface area contributed by atoms with Crippen LogP contribution in [0.25, 0.3) is 0 Å². The molecular weight excluding hydrogens is 268 g/mol. The van der Waals surface area contributed by atoms with E-state index >= 15 is 0 Å². The maximum atomic E-state index is 12.0. The summed E-state index contributed by atoms with van der Waals surface area (Å²) in [5, 5.41) is 18.8. The van der Waals surface area contributed by atoms with E-state index in [0.717, 1.165) is 5.06 Å². The van der Waals surface area contributed by atoms with Crippen LogP contribution in [0.5, 0.6) is 5.75 Å². The summed E-state index contributed by atoms with van der Waals surface area (Å²) in [5.41, 5.74) is -0.0736. The third-order valence-electron chi connectivity index (χ3n) is 2.50. The number of aromatic nitrogens is 1. The molecule has 0 spiro atoms. The van der Waals surface area contributed by atoms with Gasteiger partial charge in [-0.1, -0.05) is 0 Å². The summed E-state index contributed by atoms with van der Waals surface area (Å²) >= 11 is 0. The molecule has 1 aromatic rings. The normalized spacial score (nSPS) is 12.0. The number of aliphatic carboxylic acids is 1. The molecule has 1 heterocycles. The number of hydrogen-bond acceptors (Lipinski definition) is 7. The second-order valence-electron chi connectivity index (χ2n) is 3.70. The highest BCUT2D eigenvalue weighted by Gasteiger charge is 2.28. The van der Waals surface area contributed by atoms with Gasteiger partial charge in [0, 0.05) is 12.7 Å². The van der Waals surface area contributed by atoms with Crippen LogP contribution >= 0.6 is 0 Å². The fourth-order valence-corrected chi connectivity index (χ4v) is 1.50. The molecule has 20 heavy (non-hydrogen) atoms. The number of carbonyl (C=O) groups excluding carboxylic acids is 1. The van der Waals surface area contributed by atoms with Gasteiger partial charge < -0.3 is 19.8 Å². The highest BCUT2D eigenvalue weighted by Crippen LogP contribution is 2.16. The quantitative estimate of drug-likeness (QED) is 0.670. The van der Waals surface area contributed by atoms with Crippen molar-refractivity contribution in [1.29, 1.82) is 0 Å². The standard InChI is InChI=1S/C12H16N2O6/c1-3-14(8(7-15)11(16)17)20-12(18)10-9(19-2)5-4-6-13-10/h4-6,8,15H,3,7H2,1-2H3,(H,16,17)/t8-/m0/s1. The Morgan fingerprint density at radius 1 is 1.50 bits per heavy atom. The smallest absolute Gasteiger partial charge is 0.379 e. The lowest BCUT2D eigenvalue weighted by atomic mass is 10.3. The van der Waals surface area contributed by atoms with Crippen molar-refractivity contribution in [2.24, 2.45) is 0 Å². The predicted octanol–water partition coefficient (Wildman–Crippen LogP) is -0.0706. The van der Waals surface area contributed by atoms with Gasteiger partial charge in [-0.25, -0.2) is 9.78 Å². The molecule has 0 aliphatic rings. The van der Waals surface area contributed by atoms with Crippen LogP contribution in [-0.2, 0) is 9.63 Å². The Balaban J connectivity index is 2.89. The van der Waals surface area contributed by atoms with Crippen molar-refractivity contribution in [1.82, 2.24) is 10.0 Å². The summed E-state index contributed by atoms with van der Waals surface area (Å²) in [6.07, 6.45) is 1.39. The number of hydrogen-bond donors (Lipinski definition) is 2. The van der Waals surface area contributed by atoms with Crippen LogP contribution in [0, 0.1) is 0 Å². The van der Waals surface area contributed by atoms with E-state index in [2.05, 4.69) is 4.98 Å². The van der Waals surface area contributed by atoms with Crippen LogP contribution in [0.2, 0.25) is 0 Å². The largest absolute Gasteiger partial charge is 0.494 e. The molecule has 0 fully saturated rings. The number of likely N-dealkylation sites (N-methyl/N-ethyl adjacent to an activating group) is 1. The zero-order valence-electron chi connectivity index (χ0n) is 11.1. The first-order chi connectivity index (χ1) is 9.54. The van der Waals surface area contributed by atoms with Crippen molar-refractivity contribution in [3.63, 3.8) is 0 Å². The van der Waals surface area contributed by atoms with Crippen LogP contribution in [0.1, 0.15) is 17.4 Å². The second-order valence-corrected chi connectivity index (χ2v) is 3.70. The van der Waals surface area contributed by atoms with Crippen molar-refractivity contribution in [2.45, 2.75) is 13.0 Å². The SMILES string of the molecule is CCN(OC(=O)c1ncccc1OC)[C@@H](CO)C(=O)O. The van der Waals surface area contributed by atoms with E-state index in [-0.39, 0.29) is 18.0 Å². The van der Waals surface area contributed by atoms with Crippen LogP contribution in [-0.4, -0.2) is 58.5 Å². The van der Waals surface area contributed by atoms with E-state index in [1.54, 1.807) is 13.0 Å². The Labute approximate surface area is 115 Å². The first-order valence-electron chi connectivity index (χ1n) is 5.86. The fraction of sp³-hybridized carbons (Fsp3) is 0.417. The molecule has 0 radical (unpaired) electrons. The maximum absolute atomic E-state index is 12.0. The van der Waals surface area contributed by atoms with Gasteiger partial charge in [-0.05, 0) is 19.1 Å². The van der Waals surface area contributed by atoms with Gasteiger partial charge in [-0.15, -0.1) is 5.06 Å². The number of methoxy groups -OCH3 is 1. The Kier molecular flexibility index (Phi) is 5.88. The first kappa shape index (κ1) is 15.9. The van der Waals surface area contributed by atoms with Crippen molar-refractivity contribution >= 4 is 11.9 Å². The van der Waals surface area contributed by atoms with E-state index < -0.39 is 24.6 Å². The molecule has 110 valence electrons. The molecule has 0 amide bonds. The van der Waals surface area contributed by atoms with E-state index in [0.29, 0.717) is 0 Å². The number of nitrogens with zero attached hydrogens (tertiary/aromatic N) is 2. The summed E-state index contributed by atoms with van der Waals surface area (Å²) in [4.78, 5) is 31.7. The number of carbonyl (C=O) groups is 2. The molecule has 2 N–H and O–H groups in total. The maximum Gasteiger partial charge on any atom is 0.379 e.